The fourth-order valence-electron chi connectivity index (χ4n) is 2.54. The zero-order valence-electron chi connectivity index (χ0n) is 16.4. The van der Waals surface area contributed by atoms with E-state index in [1.807, 2.05) is 13.8 Å². The minimum Gasteiger partial charge on any atom is -0.384 e. The summed E-state index contributed by atoms with van der Waals surface area (Å²) in [7, 11) is 0. The number of carbonyl (C=O) groups is 2. The van der Waals surface area contributed by atoms with Crippen LogP contribution in [0.25, 0.3) is 0 Å². The number of aliphatic hydroxyl groups is 1. The molecule has 0 bridgehead atoms. The number of nitrogens with zero attached hydrogens (tertiary/aromatic N) is 4. The molecular formula is C19H27N5O3. The Bertz CT molecular complexity index is 806. The third-order valence-corrected chi connectivity index (χ3v) is 4.34. The van der Waals surface area contributed by atoms with Crippen LogP contribution in [0.5, 0.6) is 0 Å². The maximum atomic E-state index is 12.5. The summed E-state index contributed by atoms with van der Waals surface area (Å²) in [6.07, 6.45) is 1.55. The third kappa shape index (κ3) is 4.91. The molecule has 1 aromatic heterocycles. The van der Waals surface area contributed by atoms with Crippen molar-refractivity contribution in [2.45, 2.75) is 46.3 Å². The average Bonchev–Trinajstić information content (AvgIpc) is 3.12. The van der Waals surface area contributed by atoms with Gasteiger partial charge in [0.05, 0.1) is 6.20 Å². The molecule has 2 rings (SSSR count). The number of carbonyl (C=O) groups excluding carboxylic acids is 2. The molecular weight excluding hydrogens is 346 g/mol. The first-order valence-electron chi connectivity index (χ1n) is 9.02. The molecule has 0 spiro atoms. The molecule has 0 aliphatic rings. The monoisotopic (exact) mass is 373 g/mol. The molecule has 2 N–H and O–H groups in total. The first kappa shape index (κ1) is 20.6. The Balaban J connectivity index is 2.12. The molecule has 8 heteroatoms. The summed E-state index contributed by atoms with van der Waals surface area (Å²) in [5.74, 6) is -0.370. The van der Waals surface area contributed by atoms with E-state index >= 15 is 0 Å². The Hall–Kier alpha value is -2.74. The molecule has 1 heterocycles. The van der Waals surface area contributed by atoms with Gasteiger partial charge in [-0.15, -0.1) is 5.10 Å². The first-order valence-corrected chi connectivity index (χ1v) is 9.02. The molecule has 2 aromatic rings. The largest absolute Gasteiger partial charge is 0.384 e. The van der Waals surface area contributed by atoms with Crippen LogP contribution in [-0.2, 0) is 10.4 Å². The van der Waals surface area contributed by atoms with Gasteiger partial charge in [-0.2, -0.15) is 0 Å². The molecule has 0 aliphatic carbocycles. The molecule has 0 radical (unpaired) electrons. The van der Waals surface area contributed by atoms with Crippen LogP contribution in [0.2, 0.25) is 0 Å². The molecule has 8 nitrogen and oxygen atoms in total. The van der Waals surface area contributed by atoms with Crippen LogP contribution in [0.3, 0.4) is 0 Å². The SMILES string of the molecule is CCN(CC)C(=O)c1cccc(NC(=O)C(C)n2cc(C(C)(C)O)nn2)c1. The van der Waals surface area contributed by atoms with Crippen molar-refractivity contribution in [3.05, 3.63) is 41.7 Å². The minimum absolute atomic E-state index is 0.0738. The second-order valence-electron chi connectivity index (χ2n) is 6.87. The molecule has 2 amide bonds. The number of hydrogen-bond donors (Lipinski definition) is 2. The van der Waals surface area contributed by atoms with Crippen molar-refractivity contribution in [2.24, 2.45) is 0 Å². The molecule has 0 saturated carbocycles. The van der Waals surface area contributed by atoms with Crippen molar-refractivity contribution in [1.29, 1.82) is 0 Å². The predicted octanol–water partition coefficient (Wildman–Crippen LogP) is 2.19. The lowest BCUT2D eigenvalue weighted by atomic mass is 10.1. The lowest BCUT2D eigenvalue weighted by Gasteiger charge is -2.19. The van der Waals surface area contributed by atoms with Gasteiger partial charge in [-0.05, 0) is 52.8 Å². The number of amides is 2. The first-order chi connectivity index (χ1) is 12.7. The van der Waals surface area contributed by atoms with Crippen molar-refractivity contribution < 1.29 is 14.7 Å². The minimum atomic E-state index is -1.13. The summed E-state index contributed by atoms with van der Waals surface area (Å²) < 4.78 is 1.40. The number of rotatable bonds is 7. The molecule has 0 aliphatic heterocycles. The van der Waals surface area contributed by atoms with E-state index in [4.69, 9.17) is 0 Å². The Morgan fingerprint density at radius 2 is 1.96 bits per heavy atom. The van der Waals surface area contributed by atoms with Crippen molar-refractivity contribution >= 4 is 17.5 Å². The van der Waals surface area contributed by atoms with Gasteiger partial charge >= 0.3 is 0 Å². The Morgan fingerprint density at radius 1 is 1.30 bits per heavy atom. The zero-order valence-corrected chi connectivity index (χ0v) is 16.4. The van der Waals surface area contributed by atoms with Crippen molar-refractivity contribution in [3.8, 4) is 0 Å². The molecule has 0 fully saturated rings. The van der Waals surface area contributed by atoms with Gasteiger partial charge in [0.15, 0.2) is 0 Å². The van der Waals surface area contributed by atoms with E-state index in [1.165, 1.54) is 4.68 Å². The highest BCUT2D eigenvalue weighted by atomic mass is 16.3. The van der Waals surface area contributed by atoms with Crippen LogP contribution in [0.4, 0.5) is 5.69 Å². The van der Waals surface area contributed by atoms with E-state index in [1.54, 1.807) is 56.1 Å². The van der Waals surface area contributed by atoms with Crippen molar-refractivity contribution in [2.75, 3.05) is 18.4 Å². The summed E-state index contributed by atoms with van der Waals surface area (Å²) in [6.45, 7) is 9.99. The summed E-state index contributed by atoms with van der Waals surface area (Å²) in [4.78, 5) is 26.7. The van der Waals surface area contributed by atoms with E-state index in [0.29, 0.717) is 30.0 Å². The summed E-state index contributed by atoms with van der Waals surface area (Å²) >= 11 is 0. The highest BCUT2D eigenvalue weighted by Gasteiger charge is 2.23. The quantitative estimate of drug-likeness (QED) is 0.775. The molecule has 27 heavy (non-hydrogen) atoms. The van der Waals surface area contributed by atoms with Crippen molar-refractivity contribution in [3.63, 3.8) is 0 Å². The van der Waals surface area contributed by atoms with E-state index in [-0.39, 0.29) is 11.8 Å². The van der Waals surface area contributed by atoms with Gasteiger partial charge in [0.1, 0.15) is 17.3 Å². The molecule has 146 valence electrons. The number of hydrogen-bond acceptors (Lipinski definition) is 5. The molecule has 1 unspecified atom stereocenters. The van der Waals surface area contributed by atoms with Gasteiger partial charge in [0, 0.05) is 24.3 Å². The smallest absolute Gasteiger partial charge is 0.253 e. The fraction of sp³-hybridized carbons (Fsp3) is 0.474. The average molecular weight is 373 g/mol. The lowest BCUT2D eigenvalue weighted by molar-refractivity contribution is -0.119. The number of aromatic nitrogens is 3. The van der Waals surface area contributed by atoms with Gasteiger partial charge in [0.2, 0.25) is 5.91 Å². The Labute approximate surface area is 159 Å². The van der Waals surface area contributed by atoms with Gasteiger partial charge < -0.3 is 15.3 Å². The lowest BCUT2D eigenvalue weighted by Crippen LogP contribution is -2.30. The maximum absolute atomic E-state index is 12.5. The fourth-order valence-corrected chi connectivity index (χ4v) is 2.54. The summed E-state index contributed by atoms with van der Waals surface area (Å²) in [5.41, 5.74) is 0.309. The third-order valence-electron chi connectivity index (χ3n) is 4.34. The number of benzene rings is 1. The molecule has 1 aromatic carbocycles. The predicted molar refractivity (Wildman–Crippen MR) is 102 cm³/mol. The van der Waals surface area contributed by atoms with E-state index in [9.17, 15) is 14.7 Å². The Morgan fingerprint density at radius 3 is 2.52 bits per heavy atom. The number of anilines is 1. The summed E-state index contributed by atoms with van der Waals surface area (Å²) in [5, 5.41) is 20.6. The standard InChI is InChI=1S/C19H27N5O3/c1-6-23(7-2)18(26)14-9-8-10-15(11-14)20-17(25)13(3)24-12-16(21-22-24)19(4,5)27/h8-13,27H,6-7H2,1-5H3,(H,20,25). The molecule has 1 atom stereocenters. The van der Waals surface area contributed by atoms with Crippen LogP contribution in [0.15, 0.2) is 30.5 Å². The van der Waals surface area contributed by atoms with E-state index < -0.39 is 11.6 Å². The second kappa shape index (κ2) is 8.30. The highest BCUT2D eigenvalue weighted by molar-refractivity contribution is 5.98. The van der Waals surface area contributed by atoms with Crippen LogP contribution in [0, 0.1) is 0 Å². The topological polar surface area (TPSA) is 100 Å². The number of nitrogens with one attached hydrogen (secondary N) is 1. The second-order valence-corrected chi connectivity index (χ2v) is 6.87. The van der Waals surface area contributed by atoms with Gasteiger partial charge in [0.25, 0.3) is 5.91 Å². The van der Waals surface area contributed by atoms with Crippen LogP contribution < -0.4 is 5.32 Å². The van der Waals surface area contributed by atoms with E-state index in [2.05, 4.69) is 15.6 Å². The molecule has 0 saturated heterocycles. The summed E-state index contributed by atoms with van der Waals surface area (Å²) in [6, 6.07) is 6.23. The maximum Gasteiger partial charge on any atom is 0.253 e. The van der Waals surface area contributed by atoms with E-state index in [0.717, 1.165) is 0 Å². The highest BCUT2D eigenvalue weighted by Crippen LogP contribution is 2.19. The van der Waals surface area contributed by atoms with Crippen molar-refractivity contribution in [1.82, 2.24) is 19.9 Å². The normalized spacial score (nSPS) is 12.5. The Kier molecular flexibility index (Phi) is 6.32. The van der Waals surface area contributed by atoms with Crippen LogP contribution in [-0.4, -0.2) is 49.9 Å². The van der Waals surface area contributed by atoms with Gasteiger partial charge in [-0.1, -0.05) is 11.3 Å². The zero-order chi connectivity index (χ0) is 20.2. The van der Waals surface area contributed by atoms with Crippen LogP contribution in [0.1, 0.15) is 56.7 Å². The van der Waals surface area contributed by atoms with Gasteiger partial charge in [-0.25, -0.2) is 4.68 Å². The van der Waals surface area contributed by atoms with Crippen LogP contribution >= 0.6 is 0 Å². The van der Waals surface area contributed by atoms with Gasteiger partial charge in [-0.3, -0.25) is 9.59 Å².